The molecule has 1 saturated carbocycles. The topological polar surface area (TPSA) is 99.3 Å². The molecule has 1 fully saturated rings. The van der Waals surface area contributed by atoms with Crippen LogP contribution in [0.3, 0.4) is 0 Å². The van der Waals surface area contributed by atoms with Crippen LogP contribution >= 0.6 is 11.3 Å². The Kier molecular flexibility index (Phi) is 4.68. The molecule has 8 heteroatoms. The molecule has 6 nitrogen and oxygen atoms in total. The fourth-order valence-corrected chi connectivity index (χ4v) is 4.97. The number of H-pyrrole nitrogens is 1. The van der Waals surface area contributed by atoms with E-state index in [0.29, 0.717) is 29.9 Å². The van der Waals surface area contributed by atoms with Crippen molar-refractivity contribution in [2.45, 2.75) is 55.3 Å². The highest BCUT2D eigenvalue weighted by Crippen LogP contribution is 2.27. The second-order valence-corrected chi connectivity index (χ2v) is 8.34. The average molecular weight is 320 g/mol. The van der Waals surface area contributed by atoms with E-state index < -0.39 is 20.5 Å². The third-order valence-corrected chi connectivity index (χ3v) is 6.66. The number of aryl methyl sites for hydroxylation is 1. The van der Waals surface area contributed by atoms with Crippen LogP contribution < -0.4 is 9.60 Å². The Morgan fingerprint density at radius 1 is 1.30 bits per heavy atom. The van der Waals surface area contributed by atoms with Crippen LogP contribution in [-0.2, 0) is 10.0 Å². The normalized spacial score (nSPS) is 19.7. The van der Waals surface area contributed by atoms with Crippen molar-refractivity contribution in [1.82, 2.24) is 9.71 Å². The van der Waals surface area contributed by atoms with Crippen molar-refractivity contribution >= 4 is 21.4 Å². The summed E-state index contributed by atoms with van der Waals surface area (Å²) in [6, 6.07) is 0. The molecule has 0 atom stereocenters. The van der Waals surface area contributed by atoms with E-state index in [9.17, 15) is 18.3 Å². The van der Waals surface area contributed by atoms with Gasteiger partial charge >= 0.3 is 4.87 Å². The number of sulfonamides is 1. The number of aliphatic hydroxyl groups is 1. The molecule has 0 aliphatic heterocycles. The molecule has 1 aromatic heterocycles. The zero-order valence-electron chi connectivity index (χ0n) is 11.4. The zero-order chi connectivity index (χ0) is 14.8. The van der Waals surface area contributed by atoms with E-state index in [1.54, 1.807) is 6.92 Å². The van der Waals surface area contributed by atoms with Crippen LogP contribution in [0.4, 0.5) is 0 Å². The molecular formula is C12H20N2O4S2. The van der Waals surface area contributed by atoms with Crippen molar-refractivity contribution in [3.8, 4) is 0 Å². The van der Waals surface area contributed by atoms with Gasteiger partial charge in [-0.05, 0) is 19.8 Å². The first-order valence-corrected chi connectivity index (χ1v) is 9.04. The van der Waals surface area contributed by atoms with E-state index in [4.69, 9.17) is 0 Å². The number of nitrogens with one attached hydrogen (secondary N) is 2. The molecule has 0 unspecified atom stereocenters. The molecule has 3 N–H and O–H groups in total. The summed E-state index contributed by atoms with van der Waals surface area (Å²) < 4.78 is 26.8. The number of thiazole rings is 1. The number of aromatic amines is 1. The third kappa shape index (κ3) is 3.69. The van der Waals surface area contributed by atoms with E-state index in [2.05, 4.69) is 9.71 Å². The second-order valence-electron chi connectivity index (χ2n) is 5.39. The molecular weight excluding hydrogens is 300 g/mol. The molecule has 0 aromatic carbocycles. The minimum Gasteiger partial charge on any atom is -0.389 e. The molecule has 0 amide bonds. The fourth-order valence-electron chi connectivity index (χ4n) is 2.51. The van der Waals surface area contributed by atoms with Gasteiger partial charge < -0.3 is 10.1 Å². The summed E-state index contributed by atoms with van der Waals surface area (Å²) in [4.78, 5) is 13.3. The lowest BCUT2D eigenvalue weighted by molar-refractivity contribution is 0.0303. The highest BCUT2D eigenvalue weighted by molar-refractivity contribution is 7.91. The number of hydrogen-bond acceptors (Lipinski definition) is 5. The first-order chi connectivity index (χ1) is 9.32. The molecule has 1 heterocycles. The monoisotopic (exact) mass is 320 g/mol. The largest absolute Gasteiger partial charge is 0.389 e. The summed E-state index contributed by atoms with van der Waals surface area (Å²) >= 11 is 0.668. The van der Waals surface area contributed by atoms with Gasteiger partial charge in [-0.25, -0.2) is 13.1 Å². The predicted octanol–water partition coefficient (Wildman–Crippen LogP) is 1.11. The number of aromatic nitrogens is 1. The molecule has 1 aromatic rings. The van der Waals surface area contributed by atoms with Crippen LogP contribution in [0.25, 0.3) is 0 Å². The Morgan fingerprint density at radius 3 is 2.40 bits per heavy atom. The Morgan fingerprint density at radius 2 is 1.90 bits per heavy atom. The van der Waals surface area contributed by atoms with Gasteiger partial charge in [-0.3, -0.25) is 4.79 Å². The van der Waals surface area contributed by atoms with Crippen LogP contribution in [0.5, 0.6) is 0 Å². The van der Waals surface area contributed by atoms with Gasteiger partial charge in [0.25, 0.3) is 10.0 Å². The van der Waals surface area contributed by atoms with Crippen LogP contribution in [0.1, 0.15) is 44.2 Å². The molecule has 1 aliphatic carbocycles. The second kappa shape index (κ2) is 5.97. The maximum absolute atomic E-state index is 12.2. The van der Waals surface area contributed by atoms with E-state index in [1.807, 2.05) is 0 Å². The molecule has 0 radical (unpaired) electrons. The molecule has 2 rings (SSSR count). The van der Waals surface area contributed by atoms with Crippen molar-refractivity contribution < 1.29 is 13.5 Å². The maximum atomic E-state index is 12.2. The lowest BCUT2D eigenvalue weighted by atomic mass is 9.95. The summed E-state index contributed by atoms with van der Waals surface area (Å²) in [6.07, 6.45) is 5.19. The minimum absolute atomic E-state index is 0.000257. The van der Waals surface area contributed by atoms with Gasteiger partial charge in [0.05, 0.1) is 5.60 Å². The molecule has 20 heavy (non-hydrogen) atoms. The zero-order valence-corrected chi connectivity index (χ0v) is 13.1. The Hall–Kier alpha value is -0.700. The van der Waals surface area contributed by atoms with Crippen LogP contribution in [-0.4, -0.2) is 30.7 Å². The average Bonchev–Trinajstić information content (AvgIpc) is 2.59. The van der Waals surface area contributed by atoms with E-state index in [1.165, 1.54) is 0 Å². The lowest BCUT2D eigenvalue weighted by Crippen LogP contribution is -2.42. The standard InChI is InChI=1S/C12H20N2O4S2/c1-9-10(19-11(15)14-9)20(17,18)13-8-12(16)6-4-2-3-5-7-12/h13,16H,2-8H2,1H3,(H,14,15). The molecule has 0 saturated heterocycles. The van der Waals surface area contributed by atoms with Crippen LogP contribution in [0.15, 0.2) is 9.00 Å². The van der Waals surface area contributed by atoms with Gasteiger partial charge in [0.15, 0.2) is 4.21 Å². The first kappa shape index (κ1) is 15.7. The van der Waals surface area contributed by atoms with Gasteiger partial charge in [0.2, 0.25) is 0 Å². The Labute approximate surface area is 122 Å². The molecule has 114 valence electrons. The van der Waals surface area contributed by atoms with Crippen molar-refractivity contribution in [2.75, 3.05) is 6.54 Å². The smallest absolute Gasteiger partial charge is 0.305 e. The van der Waals surface area contributed by atoms with Crippen LogP contribution in [0.2, 0.25) is 0 Å². The van der Waals surface area contributed by atoms with Crippen molar-refractivity contribution in [1.29, 1.82) is 0 Å². The summed E-state index contributed by atoms with van der Waals surface area (Å²) in [5.41, 5.74) is -0.640. The number of rotatable bonds is 4. The molecule has 0 bridgehead atoms. The van der Waals surface area contributed by atoms with Crippen LogP contribution in [0, 0.1) is 6.92 Å². The Balaban J connectivity index is 2.09. The van der Waals surface area contributed by atoms with E-state index >= 15 is 0 Å². The highest BCUT2D eigenvalue weighted by atomic mass is 32.2. The van der Waals surface area contributed by atoms with E-state index in [0.717, 1.165) is 25.7 Å². The van der Waals surface area contributed by atoms with Crippen molar-refractivity contribution in [3.05, 3.63) is 15.4 Å². The Bertz CT molecular complexity index is 610. The minimum atomic E-state index is -3.74. The van der Waals surface area contributed by atoms with Gasteiger partial charge in [0.1, 0.15) is 0 Å². The summed E-state index contributed by atoms with van der Waals surface area (Å²) in [5, 5.41) is 10.4. The summed E-state index contributed by atoms with van der Waals surface area (Å²) in [7, 11) is -3.74. The number of hydrogen-bond donors (Lipinski definition) is 3. The van der Waals surface area contributed by atoms with Gasteiger partial charge in [-0.2, -0.15) is 0 Å². The van der Waals surface area contributed by atoms with Crippen molar-refractivity contribution in [3.63, 3.8) is 0 Å². The van der Waals surface area contributed by atoms with E-state index in [-0.39, 0.29) is 10.8 Å². The van der Waals surface area contributed by atoms with Crippen molar-refractivity contribution in [2.24, 2.45) is 0 Å². The van der Waals surface area contributed by atoms with Gasteiger partial charge in [-0.15, -0.1) is 0 Å². The molecule has 1 aliphatic rings. The lowest BCUT2D eigenvalue weighted by Gasteiger charge is -2.26. The highest BCUT2D eigenvalue weighted by Gasteiger charge is 2.31. The third-order valence-electron chi connectivity index (χ3n) is 3.65. The maximum Gasteiger partial charge on any atom is 0.305 e. The van der Waals surface area contributed by atoms with Gasteiger partial charge in [-0.1, -0.05) is 37.0 Å². The summed E-state index contributed by atoms with van der Waals surface area (Å²) in [5.74, 6) is 0. The molecule has 0 spiro atoms. The predicted molar refractivity (Wildman–Crippen MR) is 77.5 cm³/mol. The van der Waals surface area contributed by atoms with Gasteiger partial charge in [0, 0.05) is 12.2 Å². The SMILES string of the molecule is Cc1[nH]c(=O)sc1S(=O)(=O)NCC1(O)CCCCCC1. The quantitative estimate of drug-likeness (QED) is 0.724. The summed E-state index contributed by atoms with van der Waals surface area (Å²) in [6.45, 7) is 1.55. The first-order valence-electron chi connectivity index (χ1n) is 6.74. The fraction of sp³-hybridized carbons (Fsp3) is 0.750.